The van der Waals surface area contributed by atoms with Gasteiger partial charge < -0.3 is 16.0 Å². The van der Waals surface area contributed by atoms with E-state index in [1.54, 1.807) is 0 Å². The maximum atomic E-state index is 6.16. The van der Waals surface area contributed by atoms with Gasteiger partial charge in [0.05, 0.1) is 16.6 Å². The summed E-state index contributed by atoms with van der Waals surface area (Å²) in [4.78, 5) is 12.1. The Morgan fingerprint density at radius 3 is 2.85 bits per heavy atom. The number of nitrogen functional groups attached to an aromatic ring is 1. The molecule has 0 amide bonds. The van der Waals surface area contributed by atoms with Crippen LogP contribution in [-0.4, -0.2) is 38.2 Å². The quantitative estimate of drug-likeness (QED) is 0.297. The van der Waals surface area contributed by atoms with Crippen LogP contribution in [0.15, 0.2) is 48.7 Å². The molecule has 5 aromatic rings. The second kappa shape index (κ2) is 7.27. The minimum absolute atomic E-state index is 0.590. The number of likely N-dealkylation sites (N-methyl/N-ethyl adjacent to an activating group) is 1. The topological polar surface area (TPSA) is 84.9 Å². The van der Waals surface area contributed by atoms with Crippen molar-refractivity contribution in [2.45, 2.75) is 25.9 Å². The highest BCUT2D eigenvalue weighted by Crippen LogP contribution is 2.38. The molecule has 0 saturated heterocycles. The lowest BCUT2D eigenvalue weighted by Crippen LogP contribution is -2.26. The average Bonchev–Trinajstić information content (AvgIpc) is 3.24. The van der Waals surface area contributed by atoms with Gasteiger partial charge in [-0.1, -0.05) is 18.2 Å². The molecule has 0 fully saturated rings. The zero-order valence-corrected chi connectivity index (χ0v) is 19.0. The third kappa shape index (κ3) is 2.97. The molecule has 2 aliphatic heterocycles. The van der Waals surface area contributed by atoms with E-state index in [1.807, 2.05) is 18.3 Å². The summed E-state index contributed by atoms with van der Waals surface area (Å²) in [5.74, 6) is 0.590. The first-order valence-electron chi connectivity index (χ1n) is 11.8. The van der Waals surface area contributed by atoms with Gasteiger partial charge in [0.2, 0.25) is 5.95 Å². The first-order chi connectivity index (χ1) is 16.6. The Morgan fingerprint density at radius 2 is 1.91 bits per heavy atom. The monoisotopic (exact) mass is 447 g/mol. The number of nitrogens with one attached hydrogen (secondary N) is 1. The van der Waals surface area contributed by atoms with E-state index in [2.05, 4.69) is 58.4 Å². The number of rotatable bonds is 2. The number of hydrogen-bond acceptors (Lipinski definition) is 6. The Labute approximate surface area is 196 Å². The number of nitrogens with zero attached hydrogens (tertiary/aromatic N) is 5. The summed E-state index contributed by atoms with van der Waals surface area (Å²) >= 11 is 0. The summed E-state index contributed by atoms with van der Waals surface area (Å²) < 4.78 is 2.09. The Hall–Kier alpha value is -3.97. The summed E-state index contributed by atoms with van der Waals surface area (Å²) in [5.41, 5.74) is 13.6. The van der Waals surface area contributed by atoms with Gasteiger partial charge in [-0.05, 0) is 66.7 Å². The van der Waals surface area contributed by atoms with Crippen molar-refractivity contribution in [3.63, 3.8) is 0 Å². The highest BCUT2D eigenvalue weighted by molar-refractivity contribution is 6.25. The summed E-state index contributed by atoms with van der Waals surface area (Å²) in [6, 6.07) is 12.6. The van der Waals surface area contributed by atoms with Gasteiger partial charge in [0.25, 0.3) is 0 Å². The standard InChI is InChI=1S/C27H25N7/c1-33-11-9-16-5-7-19(12-17(16)15-33)30-27-29-14-22-20-8-6-18(28)13-21(20)26-24(25(22)31-27)23-4-2-3-10-34(23)32-26/h2,4-8,12-14H,3,9-11,15,28H2,1H3,(H,29,30,31). The number of benzene rings is 3. The fraction of sp³-hybridized carbons (Fsp3) is 0.222. The smallest absolute Gasteiger partial charge is 0.227 e. The van der Waals surface area contributed by atoms with Gasteiger partial charge in [-0.3, -0.25) is 4.68 Å². The molecule has 34 heavy (non-hydrogen) atoms. The maximum Gasteiger partial charge on any atom is 0.227 e. The van der Waals surface area contributed by atoms with Crippen molar-refractivity contribution in [3.05, 3.63) is 65.5 Å². The molecule has 3 N–H and O–H groups in total. The zero-order chi connectivity index (χ0) is 22.8. The van der Waals surface area contributed by atoms with E-state index in [0.29, 0.717) is 5.95 Å². The Morgan fingerprint density at radius 1 is 0.971 bits per heavy atom. The zero-order valence-electron chi connectivity index (χ0n) is 19.0. The molecular weight excluding hydrogens is 422 g/mol. The second-order valence-electron chi connectivity index (χ2n) is 9.38. The van der Waals surface area contributed by atoms with E-state index in [-0.39, 0.29) is 0 Å². The molecule has 0 aliphatic carbocycles. The van der Waals surface area contributed by atoms with E-state index < -0.39 is 0 Å². The largest absolute Gasteiger partial charge is 0.399 e. The maximum absolute atomic E-state index is 6.16. The molecule has 0 bridgehead atoms. The molecule has 168 valence electrons. The number of nitrogens with two attached hydrogens (primary N) is 1. The van der Waals surface area contributed by atoms with Crippen LogP contribution in [0, 0.1) is 0 Å². The normalized spacial score (nSPS) is 15.7. The first-order valence-corrected chi connectivity index (χ1v) is 11.8. The Balaban J connectivity index is 1.42. The predicted octanol–water partition coefficient (Wildman–Crippen LogP) is 4.86. The molecule has 7 heteroatoms. The fourth-order valence-corrected chi connectivity index (χ4v) is 5.36. The first kappa shape index (κ1) is 19.5. The lowest BCUT2D eigenvalue weighted by atomic mass is 9.99. The van der Waals surface area contributed by atoms with E-state index in [1.165, 1.54) is 11.1 Å². The number of allylic oxidation sites excluding steroid dienone is 1. The highest BCUT2D eigenvalue weighted by Gasteiger charge is 2.20. The number of hydrogen-bond donors (Lipinski definition) is 2. The molecule has 0 unspecified atom stereocenters. The van der Waals surface area contributed by atoms with Crippen LogP contribution in [0.25, 0.3) is 38.7 Å². The number of aryl methyl sites for hydroxylation is 1. The fourth-order valence-electron chi connectivity index (χ4n) is 5.36. The van der Waals surface area contributed by atoms with E-state index in [9.17, 15) is 0 Å². The number of fused-ring (bicyclic) bond motifs is 9. The van der Waals surface area contributed by atoms with Crippen LogP contribution in [0.2, 0.25) is 0 Å². The molecule has 4 heterocycles. The van der Waals surface area contributed by atoms with E-state index in [4.69, 9.17) is 20.8 Å². The molecular formula is C27H25N7. The van der Waals surface area contributed by atoms with Crippen LogP contribution >= 0.6 is 0 Å². The van der Waals surface area contributed by atoms with Gasteiger partial charge in [0, 0.05) is 48.0 Å². The van der Waals surface area contributed by atoms with Crippen LogP contribution in [0.5, 0.6) is 0 Å². The SMILES string of the molecule is CN1CCc2ccc(Nc3ncc4c5ccc(N)cc5c5nn6c(c5c4n3)C=CCC6)cc2C1. The molecule has 0 radical (unpaired) electrons. The Bertz CT molecular complexity index is 1650. The van der Waals surface area contributed by atoms with Gasteiger partial charge in [0.15, 0.2) is 0 Å². The molecule has 2 aliphatic rings. The van der Waals surface area contributed by atoms with Crippen molar-refractivity contribution < 1.29 is 0 Å². The van der Waals surface area contributed by atoms with E-state index >= 15 is 0 Å². The van der Waals surface area contributed by atoms with Gasteiger partial charge in [-0.25, -0.2) is 9.97 Å². The van der Waals surface area contributed by atoms with Crippen molar-refractivity contribution in [2.75, 3.05) is 24.6 Å². The Kier molecular flexibility index (Phi) is 4.17. The lowest BCUT2D eigenvalue weighted by Gasteiger charge is -2.25. The van der Waals surface area contributed by atoms with Crippen molar-refractivity contribution in [2.24, 2.45) is 0 Å². The summed E-state index contributed by atoms with van der Waals surface area (Å²) in [6.45, 7) is 2.94. The van der Waals surface area contributed by atoms with Gasteiger partial charge >= 0.3 is 0 Å². The lowest BCUT2D eigenvalue weighted by molar-refractivity contribution is 0.313. The van der Waals surface area contributed by atoms with Crippen molar-refractivity contribution in [1.29, 1.82) is 0 Å². The molecule has 2 aromatic heterocycles. The summed E-state index contributed by atoms with van der Waals surface area (Å²) in [5, 5.41) is 12.6. The van der Waals surface area contributed by atoms with Crippen molar-refractivity contribution >= 4 is 56.0 Å². The van der Waals surface area contributed by atoms with Gasteiger partial charge in [0.1, 0.15) is 5.52 Å². The molecule has 0 atom stereocenters. The highest BCUT2D eigenvalue weighted by atomic mass is 15.3. The van der Waals surface area contributed by atoms with Gasteiger partial charge in [-0.2, -0.15) is 5.10 Å². The van der Waals surface area contributed by atoms with Crippen LogP contribution < -0.4 is 11.1 Å². The minimum atomic E-state index is 0.590. The molecule has 0 saturated carbocycles. The van der Waals surface area contributed by atoms with Gasteiger partial charge in [-0.15, -0.1) is 0 Å². The molecule has 7 rings (SSSR count). The molecule has 0 spiro atoms. The van der Waals surface area contributed by atoms with Crippen molar-refractivity contribution in [1.82, 2.24) is 24.6 Å². The van der Waals surface area contributed by atoms with Crippen LogP contribution in [0.1, 0.15) is 23.2 Å². The summed E-state index contributed by atoms with van der Waals surface area (Å²) in [7, 11) is 2.17. The summed E-state index contributed by atoms with van der Waals surface area (Å²) in [6.07, 6.45) is 8.36. The van der Waals surface area contributed by atoms with Crippen LogP contribution in [-0.2, 0) is 19.5 Å². The molecule has 7 nitrogen and oxygen atoms in total. The minimum Gasteiger partial charge on any atom is -0.399 e. The van der Waals surface area contributed by atoms with E-state index in [0.717, 1.165) is 82.1 Å². The molecule has 3 aromatic carbocycles. The number of aromatic nitrogens is 4. The van der Waals surface area contributed by atoms with Crippen molar-refractivity contribution in [3.8, 4) is 0 Å². The van der Waals surface area contributed by atoms with Crippen LogP contribution in [0.4, 0.5) is 17.3 Å². The third-order valence-corrected chi connectivity index (χ3v) is 7.06. The van der Waals surface area contributed by atoms with Crippen LogP contribution in [0.3, 0.4) is 0 Å². The predicted molar refractivity (Wildman–Crippen MR) is 138 cm³/mol. The average molecular weight is 448 g/mol. The second-order valence-corrected chi connectivity index (χ2v) is 9.38. The number of anilines is 3. The third-order valence-electron chi connectivity index (χ3n) is 7.06.